The summed E-state index contributed by atoms with van der Waals surface area (Å²) in [6, 6.07) is 5.96. The molecule has 0 amide bonds. The Balaban J connectivity index is 2.94. The van der Waals surface area contributed by atoms with Gasteiger partial charge in [-0.1, -0.05) is 19.1 Å². The van der Waals surface area contributed by atoms with E-state index in [0.717, 1.165) is 6.54 Å². The van der Waals surface area contributed by atoms with Crippen LogP contribution in [0, 0.1) is 5.82 Å². The number of hydrogen-bond donors (Lipinski definition) is 2. The molecule has 0 fully saturated rings. The second kappa shape index (κ2) is 4.73. The van der Waals surface area contributed by atoms with E-state index in [0.29, 0.717) is 5.56 Å². The number of benzene rings is 1. The van der Waals surface area contributed by atoms with Gasteiger partial charge in [-0.05, 0) is 38.1 Å². The van der Waals surface area contributed by atoms with E-state index in [1.165, 1.54) is 12.1 Å². The van der Waals surface area contributed by atoms with E-state index >= 15 is 0 Å². The Bertz CT molecular complexity index is 325. The van der Waals surface area contributed by atoms with Crippen molar-refractivity contribution in [2.45, 2.75) is 32.4 Å². The minimum absolute atomic E-state index is 0.121. The molecule has 0 radical (unpaired) electrons. The normalized spacial score (nSPS) is 17.1. The Hall–Kier alpha value is -0.930. The van der Waals surface area contributed by atoms with E-state index in [2.05, 4.69) is 5.32 Å². The molecule has 0 aliphatic heterocycles. The number of nitrogens with one attached hydrogen (secondary N) is 1. The minimum Gasteiger partial charge on any atom is -0.384 e. The molecule has 2 N–H and O–H groups in total. The smallest absolute Gasteiger partial charge is 0.123 e. The van der Waals surface area contributed by atoms with Crippen molar-refractivity contribution in [3.8, 4) is 0 Å². The molecule has 0 bridgehead atoms. The van der Waals surface area contributed by atoms with Crippen molar-refractivity contribution in [1.82, 2.24) is 5.32 Å². The monoisotopic (exact) mass is 211 g/mol. The summed E-state index contributed by atoms with van der Waals surface area (Å²) in [6.45, 7) is 6.31. The van der Waals surface area contributed by atoms with Gasteiger partial charge in [-0.15, -0.1) is 0 Å². The molecular formula is C12H18FNO. The van der Waals surface area contributed by atoms with Gasteiger partial charge in [0.05, 0.1) is 0 Å². The van der Waals surface area contributed by atoms with Crippen molar-refractivity contribution >= 4 is 0 Å². The summed E-state index contributed by atoms with van der Waals surface area (Å²) in [5.74, 6) is -0.323. The lowest BCUT2D eigenvalue weighted by atomic mass is 9.89. The first-order valence-corrected chi connectivity index (χ1v) is 5.20. The zero-order valence-corrected chi connectivity index (χ0v) is 9.42. The number of hydrogen-bond acceptors (Lipinski definition) is 2. The second-order valence-corrected chi connectivity index (χ2v) is 3.94. The lowest BCUT2D eigenvalue weighted by Gasteiger charge is -2.31. The Morgan fingerprint density at radius 1 is 1.53 bits per heavy atom. The molecule has 15 heavy (non-hydrogen) atoms. The predicted molar refractivity (Wildman–Crippen MR) is 59.1 cm³/mol. The maximum atomic E-state index is 13.0. The molecule has 1 rings (SSSR count). The van der Waals surface area contributed by atoms with Gasteiger partial charge in [-0.25, -0.2) is 4.39 Å². The molecule has 0 saturated heterocycles. The van der Waals surface area contributed by atoms with Crippen molar-refractivity contribution in [3.05, 3.63) is 35.6 Å². The number of rotatable bonds is 4. The SMILES string of the molecule is CCNC(C)C(C)(O)c1cccc(F)c1. The Morgan fingerprint density at radius 3 is 2.73 bits per heavy atom. The molecule has 0 saturated carbocycles. The highest BCUT2D eigenvalue weighted by molar-refractivity contribution is 5.24. The summed E-state index contributed by atoms with van der Waals surface area (Å²) in [5.41, 5.74) is -0.464. The fourth-order valence-corrected chi connectivity index (χ4v) is 1.56. The average molecular weight is 211 g/mol. The third-order valence-electron chi connectivity index (χ3n) is 2.76. The summed E-state index contributed by atoms with van der Waals surface area (Å²) in [7, 11) is 0. The van der Waals surface area contributed by atoms with Crippen LogP contribution in [0.15, 0.2) is 24.3 Å². The maximum absolute atomic E-state index is 13.0. The minimum atomic E-state index is -1.06. The van der Waals surface area contributed by atoms with Gasteiger partial charge in [0.1, 0.15) is 11.4 Å². The molecule has 3 heteroatoms. The van der Waals surface area contributed by atoms with Crippen molar-refractivity contribution in [1.29, 1.82) is 0 Å². The van der Waals surface area contributed by atoms with E-state index in [1.54, 1.807) is 19.1 Å². The molecule has 1 aromatic carbocycles. The first-order valence-electron chi connectivity index (χ1n) is 5.20. The summed E-state index contributed by atoms with van der Waals surface area (Å²) >= 11 is 0. The fourth-order valence-electron chi connectivity index (χ4n) is 1.56. The second-order valence-electron chi connectivity index (χ2n) is 3.94. The van der Waals surface area contributed by atoms with Gasteiger partial charge in [0.15, 0.2) is 0 Å². The topological polar surface area (TPSA) is 32.3 Å². The number of likely N-dealkylation sites (N-methyl/N-ethyl adjacent to an activating group) is 1. The molecule has 2 nitrogen and oxygen atoms in total. The van der Waals surface area contributed by atoms with Gasteiger partial charge in [-0.2, -0.15) is 0 Å². The molecule has 0 aliphatic carbocycles. The molecule has 2 unspecified atom stereocenters. The van der Waals surface area contributed by atoms with Gasteiger partial charge in [0, 0.05) is 6.04 Å². The van der Waals surface area contributed by atoms with Crippen LogP contribution < -0.4 is 5.32 Å². The van der Waals surface area contributed by atoms with Crippen LogP contribution in [0.1, 0.15) is 26.3 Å². The van der Waals surface area contributed by atoms with E-state index in [-0.39, 0.29) is 11.9 Å². The van der Waals surface area contributed by atoms with Crippen LogP contribution in [0.3, 0.4) is 0 Å². The van der Waals surface area contributed by atoms with Gasteiger partial charge in [0.2, 0.25) is 0 Å². The van der Waals surface area contributed by atoms with Crippen LogP contribution in [-0.2, 0) is 5.60 Å². The first-order chi connectivity index (χ1) is 6.98. The highest BCUT2D eigenvalue weighted by Gasteiger charge is 2.29. The lowest BCUT2D eigenvalue weighted by Crippen LogP contribution is -2.44. The fraction of sp³-hybridized carbons (Fsp3) is 0.500. The van der Waals surface area contributed by atoms with E-state index in [4.69, 9.17) is 0 Å². The Labute approximate surface area is 90.1 Å². The van der Waals surface area contributed by atoms with Gasteiger partial charge >= 0.3 is 0 Å². The van der Waals surface area contributed by atoms with Crippen LogP contribution in [0.25, 0.3) is 0 Å². The van der Waals surface area contributed by atoms with Gasteiger partial charge in [-0.3, -0.25) is 0 Å². The quantitative estimate of drug-likeness (QED) is 0.798. The van der Waals surface area contributed by atoms with Crippen LogP contribution in [0.2, 0.25) is 0 Å². The number of halogens is 1. The van der Waals surface area contributed by atoms with E-state index < -0.39 is 5.60 Å². The van der Waals surface area contributed by atoms with Crippen molar-refractivity contribution in [3.63, 3.8) is 0 Å². The van der Waals surface area contributed by atoms with E-state index in [1.807, 2.05) is 13.8 Å². The predicted octanol–water partition coefficient (Wildman–Crippen LogP) is 2.03. The maximum Gasteiger partial charge on any atom is 0.123 e. The first kappa shape index (κ1) is 12.1. The Morgan fingerprint density at radius 2 is 2.20 bits per heavy atom. The number of aliphatic hydroxyl groups is 1. The van der Waals surface area contributed by atoms with Crippen LogP contribution in [-0.4, -0.2) is 17.7 Å². The van der Waals surface area contributed by atoms with Crippen LogP contribution in [0.4, 0.5) is 4.39 Å². The molecule has 1 aromatic rings. The molecular weight excluding hydrogens is 193 g/mol. The molecule has 0 spiro atoms. The summed E-state index contributed by atoms with van der Waals surface area (Å²) < 4.78 is 13.0. The van der Waals surface area contributed by atoms with Crippen molar-refractivity contribution in [2.75, 3.05) is 6.54 Å². The molecule has 0 aromatic heterocycles. The van der Waals surface area contributed by atoms with E-state index in [9.17, 15) is 9.50 Å². The van der Waals surface area contributed by atoms with Crippen LogP contribution in [0.5, 0.6) is 0 Å². The van der Waals surface area contributed by atoms with Crippen LogP contribution >= 0.6 is 0 Å². The molecule has 0 aliphatic rings. The zero-order chi connectivity index (χ0) is 11.5. The lowest BCUT2D eigenvalue weighted by molar-refractivity contribution is 0.0218. The van der Waals surface area contributed by atoms with Crippen molar-refractivity contribution in [2.24, 2.45) is 0 Å². The largest absolute Gasteiger partial charge is 0.384 e. The van der Waals surface area contributed by atoms with Crippen molar-refractivity contribution < 1.29 is 9.50 Å². The zero-order valence-electron chi connectivity index (χ0n) is 9.42. The third-order valence-corrected chi connectivity index (χ3v) is 2.76. The molecule has 84 valence electrons. The highest BCUT2D eigenvalue weighted by atomic mass is 19.1. The van der Waals surface area contributed by atoms with Gasteiger partial charge < -0.3 is 10.4 Å². The highest BCUT2D eigenvalue weighted by Crippen LogP contribution is 2.24. The summed E-state index contributed by atoms with van der Waals surface area (Å²) in [6.07, 6.45) is 0. The summed E-state index contributed by atoms with van der Waals surface area (Å²) in [4.78, 5) is 0. The third kappa shape index (κ3) is 2.76. The molecule has 0 heterocycles. The molecule has 2 atom stereocenters. The standard InChI is InChI=1S/C12H18FNO/c1-4-14-9(2)12(3,15)10-6-5-7-11(13)8-10/h5-9,14-15H,4H2,1-3H3. The average Bonchev–Trinajstić information content (AvgIpc) is 2.18. The Kier molecular flexibility index (Phi) is 3.83. The summed E-state index contributed by atoms with van der Waals surface area (Å²) in [5, 5.41) is 13.4. The van der Waals surface area contributed by atoms with Gasteiger partial charge in [0.25, 0.3) is 0 Å².